The summed E-state index contributed by atoms with van der Waals surface area (Å²) in [4.78, 5) is 16.3. The molecule has 0 fully saturated rings. The van der Waals surface area contributed by atoms with Gasteiger partial charge in [-0.15, -0.1) is 0 Å². The molecule has 0 radical (unpaired) electrons. The molecule has 0 bridgehead atoms. The average Bonchev–Trinajstić information content (AvgIpc) is 2.50. The molecular weight excluding hydrogens is 268 g/mol. The Labute approximate surface area is 127 Å². The van der Waals surface area contributed by atoms with Crippen molar-refractivity contribution in [1.82, 2.24) is 9.80 Å². The van der Waals surface area contributed by atoms with Gasteiger partial charge in [-0.25, -0.2) is 0 Å². The van der Waals surface area contributed by atoms with E-state index < -0.39 is 0 Å². The van der Waals surface area contributed by atoms with Gasteiger partial charge in [0, 0.05) is 20.2 Å². The number of methoxy groups -OCH3 is 2. The summed E-state index contributed by atoms with van der Waals surface area (Å²) < 4.78 is 10.3. The standard InChI is InChI=1S/C16H26N2O3/c1-13(17(2)3)16(19)18(10-11-20-4)12-14-6-8-15(21-5)9-7-14/h6-9,13H,10-12H2,1-5H3/t13-/m1/s1. The van der Waals surface area contributed by atoms with Crippen molar-refractivity contribution >= 4 is 5.91 Å². The quantitative estimate of drug-likeness (QED) is 0.731. The molecule has 1 aromatic rings. The van der Waals surface area contributed by atoms with Crippen LogP contribution in [0.1, 0.15) is 12.5 Å². The molecule has 0 N–H and O–H groups in total. The smallest absolute Gasteiger partial charge is 0.240 e. The average molecular weight is 294 g/mol. The first kappa shape index (κ1) is 17.5. The topological polar surface area (TPSA) is 42.0 Å². The number of nitrogens with zero attached hydrogens (tertiary/aromatic N) is 2. The second kappa shape index (κ2) is 8.64. The highest BCUT2D eigenvalue weighted by atomic mass is 16.5. The third-order valence-corrected chi connectivity index (χ3v) is 3.54. The zero-order valence-electron chi connectivity index (χ0n) is 13.6. The van der Waals surface area contributed by atoms with Gasteiger partial charge in [-0.05, 0) is 38.7 Å². The van der Waals surface area contributed by atoms with Gasteiger partial charge in [0.15, 0.2) is 0 Å². The molecule has 0 saturated carbocycles. The van der Waals surface area contributed by atoms with Crippen molar-refractivity contribution in [2.45, 2.75) is 19.5 Å². The van der Waals surface area contributed by atoms with E-state index in [9.17, 15) is 4.79 Å². The highest BCUT2D eigenvalue weighted by molar-refractivity contribution is 5.81. The fourth-order valence-electron chi connectivity index (χ4n) is 1.91. The van der Waals surface area contributed by atoms with Crippen molar-refractivity contribution in [1.29, 1.82) is 0 Å². The molecule has 21 heavy (non-hydrogen) atoms. The van der Waals surface area contributed by atoms with Crippen molar-refractivity contribution in [3.63, 3.8) is 0 Å². The third-order valence-electron chi connectivity index (χ3n) is 3.54. The van der Waals surface area contributed by atoms with Crippen molar-refractivity contribution in [3.8, 4) is 5.75 Å². The maximum absolute atomic E-state index is 12.5. The molecule has 0 saturated heterocycles. The van der Waals surface area contributed by atoms with Crippen LogP contribution in [-0.4, -0.2) is 63.2 Å². The minimum Gasteiger partial charge on any atom is -0.497 e. The molecule has 0 spiro atoms. The second-order valence-electron chi connectivity index (χ2n) is 5.24. The number of carbonyl (C=O) groups excluding carboxylic acids is 1. The van der Waals surface area contributed by atoms with Crippen molar-refractivity contribution < 1.29 is 14.3 Å². The Morgan fingerprint density at radius 1 is 1.19 bits per heavy atom. The van der Waals surface area contributed by atoms with Crippen LogP contribution in [0.4, 0.5) is 0 Å². The first-order valence-electron chi connectivity index (χ1n) is 7.06. The van der Waals surface area contributed by atoms with Crippen molar-refractivity contribution in [3.05, 3.63) is 29.8 Å². The maximum atomic E-state index is 12.5. The number of carbonyl (C=O) groups is 1. The molecule has 5 nitrogen and oxygen atoms in total. The van der Waals surface area contributed by atoms with Gasteiger partial charge >= 0.3 is 0 Å². The fourth-order valence-corrected chi connectivity index (χ4v) is 1.91. The zero-order chi connectivity index (χ0) is 15.8. The molecule has 118 valence electrons. The van der Waals surface area contributed by atoms with Crippen LogP contribution in [0.2, 0.25) is 0 Å². The number of hydrogen-bond acceptors (Lipinski definition) is 4. The minimum atomic E-state index is -0.153. The SMILES string of the molecule is COCCN(Cc1ccc(OC)cc1)C(=O)[C@@H](C)N(C)C. The summed E-state index contributed by atoms with van der Waals surface area (Å²) in [6.45, 7) is 3.60. The predicted molar refractivity (Wildman–Crippen MR) is 83.4 cm³/mol. The number of benzene rings is 1. The van der Waals surface area contributed by atoms with E-state index in [1.165, 1.54) is 0 Å². The predicted octanol–water partition coefficient (Wildman–Crippen LogP) is 1.62. The summed E-state index contributed by atoms with van der Waals surface area (Å²) in [6, 6.07) is 7.62. The number of amides is 1. The summed E-state index contributed by atoms with van der Waals surface area (Å²) in [6.07, 6.45) is 0. The Kier molecular flexibility index (Phi) is 7.19. The molecule has 0 aromatic heterocycles. The molecular formula is C16H26N2O3. The van der Waals surface area contributed by atoms with Crippen LogP contribution >= 0.6 is 0 Å². The molecule has 0 aliphatic heterocycles. The van der Waals surface area contributed by atoms with E-state index in [0.29, 0.717) is 19.7 Å². The summed E-state index contributed by atoms with van der Waals surface area (Å²) in [5.74, 6) is 0.919. The molecule has 5 heteroatoms. The van der Waals surface area contributed by atoms with Crippen LogP contribution < -0.4 is 4.74 Å². The zero-order valence-corrected chi connectivity index (χ0v) is 13.6. The second-order valence-corrected chi connectivity index (χ2v) is 5.24. The summed E-state index contributed by atoms with van der Waals surface area (Å²) >= 11 is 0. The number of hydrogen-bond donors (Lipinski definition) is 0. The van der Waals surface area contributed by atoms with Crippen molar-refractivity contribution in [2.24, 2.45) is 0 Å². The maximum Gasteiger partial charge on any atom is 0.240 e. The number of ether oxygens (including phenoxy) is 2. The molecule has 1 aromatic carbocycles. The van der Waals surface area contributed by atoms with Gasteiger partial charge in [0.25, 0.3) is 0 Å². The van der Waals surface area contributed by atoms with E-state index >= 15 is 0 Å². The lowest BCUT2D eigenvalue weighted by atomic mass is 10.2. The third kappa shape index (κ3) is 5.36. The van der Waals surface area contributed by atoms with Gasteiger partial charge in [-0.2, -0.15) is 0 Å². The molecule has 0 unspecified atom stereocenters. The molecule has 0 heterocycles. The van der Waals surface area contributed by atoms with Gasteiger partial charge in [-0.1, -0.05) is 12.1 Å². The van der Waals surface area contributed by atoms with Crippen LogP contribution in [0.25, 0.3) is 0 Å². The van der Waals surface area contributed by atoms with E-state index in [0.717, 1.165) is 11.3 Å². The largest absolute Gasteiger partial charge is 0.497 e. The van der Waals surface area contributed by atoms with Crippen molar-refractivity contribution in [2.75, 3.05) is 41.5 Å². The fraction of sp³-hybridized carbons (Fsp3) is 0.562. The summed E-state index contributed by atoms with van der Waals surface area (Å²) in [5, 5.41) is 0. The highest BCUT2D eigenvalue weighted by Gasteiger charge is 2.22. The Hall–Kier alpha value is -1.59. The minimum absolute atomic E-state index is 0.105. The monoisotopic (exact) mass is 294 g/mol. The molecule has 0 aliphatic carbocycles. The lowest BCUT2D eigenvalue weighted by Crippen LogP contribution is -2.45. The Morgan fingerprint density at radius 2 is 1.81 bits per heavy atom. The van der Waals surface area contributed by atoms with Gasteiger partial charge in [0.05, 0.1) is 19.8 Å². The Morgan fingerprint density at radius 3 is 2.29 bits per heavy atom. The number of rotatable bonds is 8. The number of likely N-dealkylation sites (N-methyl/N-ethyl adjacent to an activating group) is 1. The van der Waals surface area contributed by atoms with Crippen LogP contribution in [0, 0.1) is 0 Å². The molecule has 1 amide bonds. The lowest BCUT2D eigenvalue weighted by molar-refractivity contribution is -0.136. The normalized spacial score (nSPS) is 12.3. The first-order chi connectivity index (χ1) is 9.99. The van der Waals surface area contributed by atoms with E-state index in [2.05, 4.69) is 0 Å². The molecule has 1 rings (SSSR count). The lowest BCUT2D eigenvalue weighted by Gasteiger charge is -2.28. The van der Waals surface area contributed by atoms with E-state index in [1.54, 1.807) is 14.2 Å². The summed E-state index contributed by atoms with van der Waals surface area (Å²) in [5.41, 5.74) is 1.08. The van der Waals surface area contributed by atoms with E-state index in [1.807, 2.05) is 55.1 Å². The summed E-state index contributed by atoms with van der Waals surface area (Å²) in [7, 11) is 7.10. The van der Waals surface area contributed by atoms with E-state index in [4.69, 9.17) is 9.47 Å². The van der Waals surface area contributed by atoms with Gasteiger partial charge in [-0.3, -0.25) is 9.69 Å². The van der Waals surface area contributed by atoms with Gasteiger partial charge in [0.2, 0.25) is 5.91 Å². The van der Waals surface area contributed by atoms with Gasteiger partial charge < -0.3 is 14.4 Å². The van der Waals surface area contributed by atoms with Crippen LogP contribution in [0.5, 0.6) is 5.75 Å². The van der Waals surface area contributed by atoms with Crippen LogP contribution in [0.3, 0.4) is 0 Å². The highest BCUT2D eigenvalue weighted by Crippen LogP contribution is 2.14. The first-order valence-corrected chi connectivity index (χ1v) is 7.06. The Balaban J connectivity index is 2.78. The molecule has 1 atom stereocenters. The van der Waals surface area contributed by atoms with Crippen LogP contribution in [-0.2, 0) is 16.1 Å². The van der Waals surface area contributed by atoms with E-state index in [-0.39, 0.29) is 11.9 Å². The molecule has 0 aliphatic rings. The van der Waals surface area contributed by atoms with Crippen LogP contribution in [0.15, 0.2) is 24.3 Å². The Bertz CT molecular complexity index is 432. The van der Waals surface area contributed by atoms with Gasteiger partial charge in [0.1, 0.15) is 5.75 Å².